The Labute approximate surface area is 125 Å². The van der Waals surface area contributed by atoms with E-state index in [2.05, 4.69) is 4.98 Å². The van der Waals surface area contributed by atoms with E-state index in [1.165, 1.54) is 22.2 Å². The van der Waals surface area contributed by atoms with E-state index < -0.39 is 0 Å². The van der Waals surface area contributed by atoms with E-state index in [4.69, 9.17) is 0 Å². The Kier molecular flexibility index (Phi) is 3.43. The molecule has 0 amide bonds. The lowest BCUT2D eigenvalue weighted by atomic mass is 10.0. The quantitative estimate of drug-likeness (QED) is 0.699. The van der Waals surface area contributed by atoms with Gasteiger partial charge in [-0.25, -0.2) is 4.98 Å². The summed E-state index contributed by atoms with van der Waals surface area (Å²) in [4.78, 5) is 29.6. The number of ketones is 1. The molecule has 0 saturated carbocycles. The molecule has 1 aromatic carbocycles. The zero-order valence-electron chi connectivity index (χ0n) is 11.8. The van der Waals surface area contributed by atoms with Crippen molar-refractivity contribution >= 4 is 27.3 Å². The predicted molar refractivity (Wildman–Crippen MR) is 84.1 cm³/mol. The van der Waals surface area contributed by atoms with Crippen molar-refractivity contribution in [1.82, 2.24) is 9.55 Å². The number of rotatable bonds is 3. The second-order valence-electron chi connectivity index (χ2n) is 5.06. The number of thiophene rings is 1. The van der Waals surface area contributed by atoms with Crippen LogP contribution in [0.25, 0.3) is 10.2 Å². The van der Waals surface area contributed by atoms with Gasteiger partial charge in [0.15, 0.2) is 5.78 Å². The van der Waals surface area contributed by atoms with Crippen LogP contribution < -0.4 is 5.56 Å². The van der Waals surface area contributed by atoms with E-state index in [0.717, 1.165) is 11.1 Å². The molecule has 3 aromatic rings. The number of carbonyl (C=O) groups is 1. The van der Waals surface area contributed by atoms with Crippen LogP contribution in [0.4, 0.5) is 0 Å². The van der Waals surface area contributed by atoms with Gasteiger partial charge in [0.2, 0.25) is 0 Å². The average molecular weight is 298 g/mol. The van der Waals surface area contributed by atoms with Gasteiger partial charge in [-0.1, -0.05) is 23.8 Å². The van der Waals surface area contributed by atoms with Crippen LogP contribution >= 0.6 is 11.3 Å². The molecule has 106 valence electrons. The third-order valence-corrected chi connectivity index (χ3v) is 4.27. The van der Waals surface area contributed by atoms with Crippen molar-refractivity contribution in [3.8, 4) is 0 Å². The maximum absolute atomic E-state index is 12.4. The molecule has 2 aromatic heterocycles. The van der Waals surface area contributed by atoms with Crippen molar-refractivity contribution in [2.75, 3.05) is 0 Å². The molecule has 2 heterocycles. The van der Waals surface area contributed by atoms with Crippen molar-refractivity contribution in [1.29, 1.82) is 0 Å². The molecule has 3 rings (SSSR count). The van der Waals surface area contributed by atoms with Crippen LogP contribution in [0.1, 0.15) is 21.5 Å². The van der Waals surface area contributed by atoms with Crippen LogP contribution in [0.3, 0.4) is 0 Å². The molecule has 0 aliphatic rings. The summed E-state index contributed by atoms with van der Waals surface area (Å²) in [6.45, 7) is 3.91. The number of fused-ring (bicyclic) bond motifs is 1. The summed E-state index contributed by atoms with van der Waals surface area (Å²) < 4.78 is 1.37. The van der Waals surface area contributed by atoms with Gasteiger partial charge in [-0.15, -0.1) is 11.3 Å². The second-order valence-corrected chi connectivity index (χ2v) is 5.95. The highest BCUT2D eigenvalue weighted by Gasteiger charge is 2.12. The monoisotopic (exact) mass is 298 g/mol. The van der Waals surface area contributed by atoms with Crippen LogP contribution in [-0.2, 0) is 6.54 Å². The van der Waals surface area contributed by atoms with Gasteiger partial charge in [0.1, 0.15) is 4.83 Å². The number of hydrogen-bond donors (Lipinski definition) is 0. The lowest BCUT2D eigenvalue weighted by Crippen LogP contribution is -2.24. The summed E-state index contributed by atoms with van der Waals surface area (Å²) in [6, 6.07) is 7.43. The highest BCUT2D eigenvalue weighted by atomic mass is 32.1. The molecule has 0 unspecified atom stereocenters. The van der Waals surface area contributed by atoms with Crippen LogP contribution in [0.15, 0.2) is 40.8 Å². The maximum atomic E-state index is 12.4. The number of nitrogens with zero attached hydrogens (tertiary/aromatic N) is 2. The topological polar surface area (TPSA) is 52.0 Å². The zero-order chi connectivity index (χ0) is 15.0. The molecule has 5 heteroatoms. The first-order chi connectivity index (χ1) is 10.1. The highest BCUT2D eigenvalue weighted by molar-refractivity contribution is 7.16. The van der Waals surface area contributed by atoms with Gasteiger partial charge in [0.25, 0.3) is 5.56 Å². The van der Waals surface area contributed by atoms with E-state index in [-0.39, 0.29) is 17.9 Å². The number of Topliss-reactive ketones (excluding diaryl/α,β-unsaturated/α-hetero) is 1. The average Bonchev–Trinajstić information content (AvgIpc) is 2.91. The van der Waals surface area contributed by atoms with Crippen molar-refractivity contribution in [2.45, 2.75) is 20.4 Å². The van der Waals surface area contributed by atoms with E-state index in [0.29, 0.717) is 15.8 Å². The summed E-state index contributed by atoms with van der Waals surface area (Å²) in [5.74, 6) is -0.0778. The fraction of sp³-hybridized carbons (Fsp3) is 0.188. The highest BCUT2D eigenvalue weighted by Crippen LogP contribution is 2.14. The van der Waals surface area contributed by atoms with E-state index in [9.17, 15) is 9.59 Å². The Morgan fingerprint density at radius 3 is 2.86 bits per heavy atom. The van der Waals surface area contributed by atoms with E-state index >= 15 is 0 Å². The largest absolute Gasteiger partial charge is 0.292 e. The van der Waals surface area contributed by atoms with Crippen LogP contribution in [0, 0.1) is 13.8 Å². The fourth-order valence-electron chi connectivity index (χ4n) is 2.37. The smallest absolute Gasteiger partial charge is 0.262 e. The van der Waals surface area contributed by atoms with Gasteiger partial charge in [0.05, 0.1) is 18.3 Å². The van der Waals surface area contributed by atoms with Gasteiger partial charge in [-0.05, 0) is 30.9 Å². The SMILES string of the molecule is Cc1ccc(C(=O)Cn2cnc3sccc3c2=O)c(C)c1. The Hall–Kier alpha value is -2.27. The zero-order valence-corrected chi connectivity index (χ0v) is 12.6. The molecular formula is C16H14N2O2S. The van der Waals surface area contributed by atoms with Crippen LogP contribution in [-0.4, -0.2) is 15.3 Å². The molecule has 0 N–H and O–H groups in total. The van der Waals surface area contributed by atoms with E-state index in [1.54, 1.807) is 6.07 Å². The first-order valence-corrected chi connectivity index (χ1v) is 7.47. The normalized spacial score (nSPS) is 11.0. The van der Waals surface area contributed by atoms with Crippen LogP contribution in [0.5, 0.6) is 0 Å². The third-order valence-electron chi connectivity index (χ3n) is 3.45. The Balaban J connectivity index is 1.96. The number of benzene rings is 1. The minimum atomic E-state index is -0.167. The van der Waals surface area contributed by atoms with E-state index in [1.807, 2.05) is 37.4 Å². The van der Waals surface area contributed by atoms with Gasteiger partial charge in [-0.3, -0.25) is 14.2 Å². The number of aryl methyl sites for hydroxylation is 2. The Bertz CT molecular complexity index is 893. The minimum absolute atomic E-state index is 0.0154. The lowest BCUT2D eigenvalue weighted by Gasteiger charge is -2.08. The van der Waals surface area contributed by atoms with Gasteiger partial charge in [0, 0.05) is 5.56 Å². The molecule has 0 fully saturated rings. The summed E-state index contributed by atoms with van der Waals surface area (Å²) in [5.41, 5.74) is 2.53. The number of carbonyl (C=O) groups excluding carboxylic acids is 1. The number of aromatic nitrogens is 2. The predicted octanol–water partition coefficient (Wildman–Crippen LogP) is 2.96. The van der Waals surface area contributed by atoms with Gasteiger partial charge in [-0.2, -0.15) is 0 Å². The lowest BCUT2D eigenvalue weighted by molar-refractivity contribution is 0.0970. The summed E-state index contributed by atoms with van der Waals surface area (Å²) in [7, 11) is 0. The second kappa shape index (κ2) is 5.26. The molecule has 0 saturated heterocycles. The Morgan fingerprint density at radius 2 is 2.10 bits per heavy atom. The standard InChI is InChI=1S/C16H14N2O2S/c1-10-3-4-12(11(2)7-10)14(19)8-18-9-17-15-13(16(18)20)5-6-21-15/h3-7,9H,8H2,1-2H3. The summed E-state index contributed by atoms with van der Waals surface area (Å²) in [6.07, 6.45) is 1.45. The maximum Gasteiger partial charge on any atom is 0.262 e. The molecule has 0 radical (unpaired) electrons. The Morgan fingerprint density at radius 1 is 1.29 bits per heavy atom. The summed E-state index contributed by atoms with van der Waals surface area (Å²) in [5, 5.41) is 2.39. The first kappa shape index (κ1) is 13.7. The minimum Gasteiger partial charge on any atom is -0.292 e. The van der Waals surface area contributed by atoms with Crippen molar-refractivity contribution in [2.24, 2.45) is 0 Å². The molecule has 4 nitrogen and oxygen atoms in total. The van der Waals surface area contributed by atoms with Crippen molar-refractivity contribution < 1.29 is 4.79 Å². The van der Waals surface area contributed by atoms with Crippen LogP contribution in [0.2, 0.25) is 0 Å². The van der Waals surface area contributed by atoms with Crippen molar-refractivity contribution in [3.63, 3.8) is 0 Å². The first-order valence-electron chi connectivity index (χ1n) is 6.59. The molecule has 0 aliphatic heterocycles. The van der Waals surface area contributed by atoms with Crippen molar-refractivity contribution in [3.05, 3.63) is 63.0 Å². The fourth-order valence-corrected chi connectivity index (χ4v) is 3.10. The molecule has 0 aliphatic carbocycles. The van der Waals surface area contributed by atoms with Gasteiger partial charge < -0.3 is 0 Å². The summed E-state index contributed by atoms with van der Waals surface area (Å²) >= 11 is 1.42. The van der Waals surface area contributed by atoms with Gasteiger partial charge >= 0.3 is 0 Å². The third kappa shape index (κ3) is 2.52. The molecule has 0 spiro atoms. The molecule has 0 bridgehead atoms. The molecule has 0 atom stereocenters. The molecular weight excluding hydrogens is 284 g/mol. The number of hydrogen-bond acceptors (Lipinski definition) is 4. The molecule has 21 heavy (non-hydrogen) atoms.